The van der Waals surface area contributed by atoms with Crippen molar-refractivity contribution in [2.75, 3.05) is 13.2 Å². The Balaban J connectivity index is 1.60. The number of carbonyl (C=O) groups is 2. The van der Waals surface area contributed by atoms with Gasteiger partial charge in [-0.2, -0.15) is 0 Å². The Morgan fingerprint density at radius 1 is 1.44 bits per heavy atom. The van der Waals surface area contributed by atoms with Gasteiger partial charge in [0.25, 0.3) is 5.91 Å². The summed E-state index contributed by atoms with van der Waals surface area (Å²) in [5.41, 5.74) is 1.02. The fourth-order valence-electron chi connectivity index (χ4n) is 2.83. The van der Waals surface area contributed by atoms with Crippen molar-refractivity contribution in [1.29, 1.82) is 0 Å². The van der Waals surface area contributed by atoms with E-state index in [9.17, 15) is 9.59 Å². The maximum atomic E-state index is 12.4. The molecule has 2 aromatic heterocycles. The Morgan fingerprint density at radius 3 is 3.08 bits per heavy atom. The fraction of sp³-hybridized carbons (Fsp3) is 0.471. The molecule has 2 aromatic rings. The van der Waals surface area contributed by atoms with Gasteiger partial charge in [0.1, 0.15) is 18.1 Å². The van der Waals surface area contributed by atoms with Gasteiger partial charge in [-0.1, -0.05) is 5.16 Å². The van der Waals surface area contributed by atoms with Gasteiger partial charge in [-0.3, -0.25) is 9.59 Å². The van der Waals surface area contributed by atoms with E-state index in [0.717, 1.165) is 12.0 Å². The number of amides is 2. The van der Waals surface area contributed by atoms with Gasteiger partial charge in [0, 0.05) is 24.6 Å². The molecule has 0 radical (unpaired) electrons. The zero-order valence-corrected chi connectivity index (χ0v) is 14.0. The van der Waals surface area contributed by atoms with E-state index in [1.807, 2.05) is 6.92 Å². The van der Waals surface area contributed by atoms with Gasteiger partial charge in [-0.05, 0) is 31.9 Å². The first-order chi connectivity index (χ1) is 12.2. The SMILES string of the molecule is CCOCC(=O)NC1CCc2onc(C(=O)NCc3ccco3)c2C1. The number of fused-ring (bicyclic) bond motifs is 1. The van der Waals surface area contributed by atoms with Crippen LogP contribution in [0.4, 0.5) is 0 Å². The van der Waals surface area contributed by atoms with Crippen LogP contribution in [-0.4, -0.2) is 36.2 Å². The minimum absolute atomic E-state index is 0.0417. The highest BCUT2D eigenvalue weighted by Crippen LogP contribution is 2.24. The molecule has 8 heteroatoms. The van der Waals surface area contributed by atoms with Crippen LogP contribution >= 0.6 is 0 Å². The summed E-state index contributed by atoms with van der Waals surface area (Å²) in [5.74, 6) is 0.892. The van der Waals surface area contributed by atoms with Crippen molar-refractivity contribution in [2.24, 2.45) is 0 Å². The van der Waals surface area contributed by atoms with Gasteiger partial charge in [0.15, 0.2) is 5.69 Å². The van der Waals surface area contributed by atoms with Crippen molar-refractivity contribution < 1.29 is 23.3 Å². The summed E-state index contributed by atoms with van der Waals surface area (Å²) in [6, 6.07) is 3.48. The molecule has 1 aliphatic rings. The van der Waals surface area contributed by atoms with Crippen LogP contribution in [0.25, 0.3) is 0 Å². The molecule has 3 rings (SSSR count). The normalized spacial score (nSPS) is 16.3. The molecule has 2 heterocycles. The van der Waals surface area contributed by atoms with E-state index < -0.39 is 0 Å². The summed E-state index contributed by atoms with van der Waals surface area (Å²) in [6.45, 7) is 2.65. The lowest BCUT2D eigenvalue weighted by Gasteiger charge is -2.22. The van der Waals surface area contributed by atoms with Gasteiger partial charge in [-0.25, -0.2) is 0 Å². The number of furan rings is 1. The smallest absolute Gasteiger partial charge is 0.274 e. The maximum Gasteiger partial charge on any atom is 0.274 e. The van der Waals surface area contributed by atoms with Crippen LogP contribution in [0.15, 0.2) is 27.3 Å². The number of aryl methyl sites for hydroxylation is 1. The van der Waals surface area contributed by atoms with Gasteiger partial charge in [0.2, 0.25) is 5.91 Å². The van der Waals surface area contributed by atoms with Gasteiger partial charge in [-0.15, -0.1) is 0 Å². The van der Waals surface area contributed by atoms with Gasteiger partial charge >= 0.3 is 0 Å². The Hall–Kier alpha value is -2.61. The molecule has 25 heavy (non-hydrogen) atoms. The lowest BCUT2D eigenvalue weighted by Crippen LogP contribution is -2.41. The van der Waals surface area contributed by atoms with Crippen LogP contribution in [0.3, 0.4) is 0 Å². The number of rotatable bonds is 7. The Kier molecular flexibility index (Phi) is 5.49. The lowest BCUT2D eigenvalue weighted by atomic mass is 9.92. The summed E-state index contributed by atoms with van der Waals surface area (Å²) in [5, 5.41) is 9.59. The molecular weight excluding hydrogens is 326 g/mol. The molecule has 2 N–H and O–H groups in total. The number of aromatic nitrogens is 1. The quantitative estimate of drug-likeness (QED) is 0.780. The number of nitrogens with zero attached hydrogens (tertiary/aromatic N) is 1. The Labute approximate surface area is 144 Å². The molecule has 1 aliphatic carbocycles. The van der Waals surface area contributed by atoms with E-state index >= 15 is 0 Å². The second-order valence-electron chi connectivity index (χ2n) is 5.84. The number of nitrogens with one attached hydrogen (secondary N) is 2. The van der Waals surface area contributed by atoms with Crippen LogP contribution in [0.5, 0.6) is 0 Å². The second-order valence-corrected chi connectivity index (χ2v) is 5.84. The van der Waals surface area contributed by atoms with E-state index in [1.54, 1.807) is 18.4 Å². The zero-order valence-electron chi connectivity index (χ0n) is 14.0. The highest BCUT2D eigenvalue weighted by atomic mass is 16.5. The first-order valence-electron chi connectivity index (χ1n) is 8.32. The first-order valence-corrected chi connectivity index (χ1v) is 8.32. The maximum absolute atomic E-state index is 12.4. The summed E-state index contributed by atoms with van der Waals surface area (Å²) in [7, 11) is 0. The third-order valence-corrected chi connectivity index (χ3v) is 4.06. The molecule has 0 saturated heterocycles. The van der Waals surface area contributed by atoms with Crippen LogP contribution < -0.4 is 10.6 Å². The molecule has 0 fully saturated rings. The molecular formula is C17H21N3O5. The number of hydrogen-bond donors (Lipinski definition) is 2. The molecule has 0 saturated carbocycles. The van der Waals surface area contributed by atoms with E-state index in [0.29, 0.717) is 31.0 Å². The third-order valence-electron chi connectivity index (χ3n) is 4.06. The van der Waals surface area contributed by atoms with Crippen molar-refractivity contribution in [3.05, 3.63) is 41.2 Å². The summed E-state index contributed by atoms with van der Waals surface area (Å²) < 4.78 is 15.6. The molecule has 0 spiro atoms. The molecule has 2 amide bonds. The van der Waals surface area contributed by atoms with Crippen LogP contribution in [0.2, 0.25) is 0 Å². The molecule has 134 valence electrons. The zero-order chi connectivity index (χ0) is 17.6. The van der Waals surface area contributed by atoms with Crippen LogP contribution in [0.1, 0.15) is 40.9 Å². The highest BCUT2D eigenvalue weighted by molar-refractivity contribution is 5.93. The molecule has 1 unspecified atom stereocenters. The van der Waals surface area contributed by atoms with Crippen molar-refractivity contribution in [3.8, 4) is 0 Å². The van der Waals surface area contributed by atoms with E-state index in [-0.39, 0.29) is 36.7 Å². The van der Waals surface area contributed by atoms with E-state index in [4.69, 9.17) is 13.7 Å². The van der Waals surface area contributed by atoms with E-state index in [2.05, 4.69) is 15.8 Å². The lowest BCUT2D eigenvalue weighted by molar-refractivity contribution is -0.126. The van der Waals surface area contributed by atoms with Crippen molar-refractivity contribution in [3.63, 3.8) is 0 Å². The average molecular weight is 347 g/mol. The van der Waals surface area contributed by atoms with Crippen LogP contribution in [-0.2, 0) is 28.9 Å². The van der Waals surface area contributed by atoms with Gasteiger partial charge in [0.05, 0.1) is 12.8 Å². The minimum atomic E-state index is -0.317. The van der Waals surface area contributed by atoms with Gasteiger partial charge < -0.3 is 24.3 Å². The largest absolute Gasteiger partial charge is 0.467 e. The molecule has 1 atom stereocenters. The predicted octanol–water partition coefficient (Wildman–Crippen LogP) is 1.21. The molecule has 0 bridgehead atoms. The molecule has 0 aromatic carbocycles. The fourth-order valence-corrected chi connectivity index (χ4v) is 2.83. The van der Waals surface area contributed by atoms with Crippen molar-refractivity contribution >= 4 is 11.8 Å². The topological polar surface area (TPSA) is 107 Å². The third kappa shape index (κ3) is 4.27. The van der Waals surface area contributed by atoms with Crippen molar-refractivity contribution in [2.45, 2.75) is 38.8 Å². The van der Waals surface area contributed by atoms with Crippen molar-refractivity contribution in [1.82, 2.24) is 15.8 Å². The Bertz CT molecular complexity index is 723. The second kappa shape index (κ2) is 7.98. The predicted molar refractivity (Wildman–Crippen MR) is 86.8 cm³/mol. The first kappa shape index (κ1) is 17.2. The highest BCUT2D eigenvalue weighted by Gasteiger charge is 2.29. The summed E-state index contributed by atoms with van der Waals surface area (Å²) in [6.07, 6.45) is 3.44. The molecule has 8 nitrogen and oxygen atoms in total. The van der Waals surface area contributed by atoms with E-state index in [1.165, 1.54) is 0 Å². The Morgan fingerprint density at radius 2 is 2.32 bits per heavy atom. The standard InChI is InChI=1S/C17H21N3O5/c1-2-23-10-15(21)19-11-5-6-14-13(8-11)16(20-25-14)17(22)18-9-12-4-3-7-24-12/h3-4,7,11H,2,5-6,8-10H2,1H3,(H,18,22)(H,19,21). The number of carbonyl (C=O) groups excluding carboxylic acids is 2. The number of hydrogen-bond acceptors (Lipinski definition) is 6. The monoisotopic (exact) mass is 347 g/mol. The average Bonchev–Trinajstić information content (AvgIpc) is 3.27. The summed E-state index contributed by atoms with van der Waals surface area (Å²) in [4.78, 5) is 24.2. The molecule has 0 aliphatic heterocycles. The summed E-state index contributed by atoms with van der Waals surface area (Å²) >= 11 is 0. The van der Waals surface area contributed by atoms with Crippen LogP contribution in [0, 0.1) is 0 Å². The number of ether oxygens (including phenoxy) is 1. The minimum Gasteiger partial charge on any atom is -0.467 e.